The predicted octanol–water partition coefficient (Wildman–Crippen LogP) is 1.31. The number of nitrogens with zero attached hydrogens (tertiary/aromatic N) is 1. The molecule has 0 fully saturated rings. The van der Waals surface area contributed by atoms with E-state index in [0.717, 1.165) is 6.42 Å². The Balaban J connectivity index is 2.27. The van der Waals surface area contributed by atoms with Crippen LogP contribution in [0.1, 0.15) is 23.8 Å². The van der Waals surface area contributed by atoms with Crippen LogP contribution in [0.3, 0.4) is 0 Å². The van der Waals surface area contributed by atoms with Crippen molar-refractivity contribution < 1.29 is 4.79 Å². The molecule has 2 N–H and O–H groups in total. The molecule has 0 aliphatic rings. The Morgan fingerprint density at radius 3 is 3.15 bits per heavy atom. The maximum Gasteiger partial charge on any atom is 0.269 e. The van der Waals surface area contributed by atoms with Crippen molar-refractivity contribution in [2.75, 3.05) is 6.54 Å². The van der Waals surface area contributed by atoms with Crippen LogP contribution in [0.2, 0.25) is 0 Å². The van der Waals surface area contributed by atoms with Gasteiger partial charge in [0.15, 0.2) is 0 Å². The molecule has 1 heterocycles. The van der Waals surface area contributed by atoms with Crippen molar-refractivity contribution >= 4 is 21.8 Å². The molecule has 0 saturated heterocycles. The molecule has 13 heavy (non-hydrogen) atoms. The first-order chi connectivity index (χ1) is 6.20. The van der Waals surface area contributed by atoms with Crippen LogP contribution in [0.4, 0.5) is 0 Å². The number of carbonyl (C=O) groups is 1. The molecule has 0 bridgehead atoms. The summed E-state index contributed by atoms with van der Waals surface area (Å²) in [6.07, 6.45) is 2.47. The van der Waals surface area contributed by atoms with Gasteiger partial charge in [-0.25, -0.2) is 0 Å². The minimum absolute atomic E-state index is 0.106. The maximum atomic E-state index is 11.3. The Labute approximate surface area is 85.2 Å². The normalized spacial score (nSPS) is 12.5. The Morgan fingerprint density at radius 2 is 2.62 bits per heavy atom. The topological polar surface area (TPSA) is 57.8 Å². The SMILES string of the molecule is CC(Br)CCNC(=O)c1ccn[nH]1. The lowest BCUT2D eigenvalue weighted by atomic mass is 10.3. The zero-order valence-corrected chi connectivity index (χ0v) is 8.97. The average Bonchev–Trinajstić information content (AvgIpc) is 2.55. The third kappa shape index (κ3) is 3.59. The summed E-state index contributed by atoms with van der Waals surface area (Å²) in [6.45, 7) is 2.71. The number of halogens is 1. The van der Waals surface area contributed by atoms with Gasteiger partial charge in [0.1, 0.15) is 5.69 Å². The third-order valence-corrected chi connectivity index (χ3v) is 2.03. The highest BCUT2D eigenvalue weighted by Gasteiger charge is 2.05. The highest BCUT2D eigenvalue weighted by Crippen LogP contribution is 2.01. The fraction of sp³-hybridized carbons (Fsp3) is 0.500. The van der Waals surface area contributed by atoms with Crippen molar-refractivity contribution in [1.29, 1.82) is 0 Å². The molecular weight excluding hydrogens is 234 g/mol. The first-order valence-corrected chi connectivity index (χ1v) is 5.03. The summed E-state index contributed by atoms with van der Waals surface area (Å²) in [7, 11) is 0. The van der Waals surface area contributed by atoms with Crippen LogP contribution in [0, 0.1) is 0 Å². The zero-order valence-electron chi connectivity index (χ0n) is 7.38. The molecule has 1 rings (SSSR count). The van der Waals surface area contributed by atoms with Crippen molar-refractivity contribution in [3.05, 3.63) is 18.0 Å². The molecule has 0 aliphatic heterocycles. The highest BCUT2D eigenvalue weighted by molar-refractivity contribution is 9.09. The summed E-state index contributed by atoms with van der Waals surface area (Å²) >= 11 is 3.40. The lowest BCUT2D eigenvalue weighted by Gasteiger charge is -2.04. The van der Waals surface area contributed by atoms with Crippen LogP contribution in [-0.4, -0.2) is 27.5 Å². The summed E-state index contributed by atoms with van der Waals surface area (Å²) < 4.78 is 0. The largest absolute Gasteiger partial charge is 0.351 e. The van der Waals surface area contributed by atoms with Crippen LogP contribution in [-0.2, 0) is 0 Å². The monoisotopic (exact) mass is 245 g/mol. The molecule has 0 saturated carbocycles. The Morgan fingerprint density at radius 1 is 1.85 bits per heavy atom. The number of H-pyrrole nitrogens is 1. The molecular formula is C8H12BrN3O. The minimum atomic E-state index is -0.106. The molecule has 1 amide bonds. The second-order valence-electron chi connectivity index (χ2n) is 2.80. The van der Waals surface area contributed by atoms with E-state index in [4.69, 9.17) is 0 Å². The van der Waals surface area contributed by atoms with E-state index in [0.29, 0.717) is 17.1 Å². The van der Waals surface area contributed by atoms with E-state index in [1.54, 1.807) is 12.3 Å². The lowest BCUT2D eigenvalue weighted by Crippen LogP contribution is -2.25. The van der Waals surface area contributed by atoms with E-state index in [1.165, 1.54) is 0 Å². The molecule has 1 unspecified atom stereocenters. The highest BCUT2D eigenvalue weighted by atomic mass is 79.9. The summed E-state index contributed by atoms with van der Waals surface area (Å²) in [5, 5.41) is 9.07. The number of aromatic nitrogens is 2. The maximum absolute atomic E-state index is 11.3. The van der Waals surface area contributed by atoms with Crippen LogP contribution in [0.15, 0.2) is 12.3 Å². The fourth-order valence-corrected chi connectivity index (χ4v) is 1.09. The second-order valence-corrected chi connectivity index (χ2v) is 4.36. The molecule has 0 spiro atoms. The third-order valence-electron chi connectivity index (χ3n) is 1.57. The molecule has 5 heteroatoms. The predicted molar refractivity (Wildman–Crippen MR) is 53.9 cm³/mol. The van der Waals surface area contributed by atoms with Gasteiger partial charge in [0, 0.05) is 17.6 Å². The fourth-order valence-electron chi connectivity index (χ4n) is 0.862. The van der Waals surface area contributed by atoms with Crippen molar-refractivity contribution in [2.45, 2.75) is 18.2 Å². The second kappa shape index (κ2) is 5.01. The Bertz CT molecular complexity index is 258. The van der Waals surface area contributed by atoms with Gasteiger partial charge < -0.3 is 5.32 Å². The average molecular weight is 246 g/mol. The van der Waals surface area contributed by atoms with Gasteiger partial charge in [0.25, 0.3) is 5.91 Å². The van der Waals surface area contributed by atoms with Crippen molar-refractivity contribution in [1.82, 2.24) is 15.5 Å². The van der Waals surface area contributed by atoms with Crippen LogP contribution >= 0.6 is 15.9 Å². The van der Waals surface area contributed by atoms with E-state index >= 15 is 0 Å². The molecule has 0 aromatic carbocycles. The number of nitrogens with one attached hydrogen (secondary N) is 2. The van der Waals surface area contributed by atoms with Crippen molar-refractivity contribution in [3.8, 4) is 0 Å². The Hall–Kier alpha value is -0.840. The summed E-state index contributed by atoms with van der Waals surface area (Å²) in [5.74, 6) is -0.106. The molecule has 72 valence electrons. The first-order valence-electron chi connectivity index (χ1n) is 4.12. The van der Waals surface area contributed by atoms with Crippen molar-refractivity contribution in [2.24, 2.45) is 0 Å². The van der Waals surface area contributed by atoms with Gasteiger partial charge in [0.2, 0.25) is 0 Å². The molecule has 0 aliphatic carbocycles. The van der Waals surface area contributed by atoms with E-state index in [2.05, 4.69) is 31.4 Å². The number of rotatable bonds is 4. The van der Waals surface area contributed by atoms with E-state index in [-0.39, 0.29) is 5.91 Å². The molecule has 1 aromatic heterocycles. The van der Waals surface area contributed by atoms with Crippen LogP contribution in [0.5, 0.6) is 0 Å². The first kappa shape index (κ1) is 10.2. The molecule has 4 nitrogen and oxygen atoms in total. The summed E-state index contributed by atoms with van der Waals surface area (Å²) in [6, 6.07) is 1.65. The van der Waals surface area contributed by atoms with E-state index in [1.807, 2.05) is 6.92 Å². The lowest BCUT2D eigenvalue weighted by molar-refractivity contribution is 0.0948. The van der Waals surface area contributed by atoms with Gasteiger partial charge in [0.05, 0.1) is 0 Å². The standard InChI is InChI=1S/C8H12BrN3O/c1-6(9)2-4-10-8(13)7-3-5-11-12-7/h3,5-6H,2,4H2,1H3,(H,10,13)(H,11,12). The Kier molecular flexibility index (Phi) is 3.95. The summed E-state index contributed by atoms with van der Waals surface area (Å²) in [4.78, 5) is 11.7. The number of amides is 1. The molecule has 0 radical (unpaired) electrons. The number of hydrogen-bond acceptors (Lipinski definition) is 2. The minimum Gasteiger partial charge on any atom is -0.351 e. The number of hydrogen-bond donors (Lipinski definition) is 2. The van der Waals surface area contributed by atoms with Gasteiger partial charge >= 0.3 is 0 Å². The van der Waals surface area contributed by atoms with Gasteiger partial charge in [-0.1, -0.05) is 22.9 Å². The van der Waals surface area contributed by atoms with E-state index in [9.17, 15) is 4.79 Å². The van der Waals surface area contributed by atoms with Crippen LogP contribution in [0.25, 0.3) is 0 Å². The number of aromatic amines is 1. The van der Waals surface area contributed by atoms with Gasteiger partial charge in [-0.15, -0.1) is 0 Å². The summed E-state index contributed by atoms with van der Waals surface area (Å²) in [5.41, 5.74) is 0.502. The molecule has 1 aromatic rings. The van der Waals surface area contributed by atoms with Gasteiger partial charge in [-0.05, 0) is 12.5 Å². The smallest absolute Gasteiger partial charge is 0.269 e. The number of alkyl halides is 1. The van der Waals surface area contributed by atoms with Crippen LogP contribution < -0.4 is 5.32 Å². The van der Waals surface area contributed by atoms with Gasteiger partial charge in [-0.3, -0.25) is 9.89 Å². The quantitative estimate of drug-likeness (QED) is 0.787. The number of carbonyl (C=O) groups excluding carboxylic acids is 1. The zero-order chi connectivity index (χ0) is 9.68. The van der Waals surface area contributed by atoms with Gasteiger partial charge in [-0.2, -0.15) is 5.10 Å². The van der Waals surface area contributed by atoms with Crippen molar-refractivity contribution in [3.63, 3.8) is 0 Å². The molecule has 1 atom stereocenters. The van der Waals surface area contributed by atoms with E-state index < -0.39 is 0 Å².